The number of rotatable bonds is 6. The summed E-state index contributed by atoms with van der Waals surface area (Å²) in [5.41, 5.74) is 1.33. The highest BCUT2D eigenvalue weighted by Gasteiger charge is 2.45. The van der Waals surface area contributed by atoms with Crippen LogP contribution in [0.1, 0.15) is 44.4 Å². The average Bonchev–Trinajstić information content (AvgIpc) is 2.75. The van der Waals surface area contributed by atoms with Crippen LogP contribution in [0.4, 0.5) is 0 Å². The Morgan fingerprint density at radius 3 is 2.50 bits per heavy atom. The second-order valence-electron chi connectivity index (χ2n) is 5.62. The van der Waals surface area contributed by atoms with E-state index in [4.69, 9.17) is 9.47 Å². The van der Waals surface area contributed by atoms with Crippen molar-refractivity contribution in [3.05, 3.63) is 29.8 Å². The Labute approximate surface area is 130 Å². The van der Waals surface area contributed by atoms with E-state index in [1.165, 1.54) is 12.0 Å². The number of unbranched alkanes of at least 4 members (excludes halogenated alkanes) is 1. The van der Waals surface area contributed by atoms with E-state index < -0.39 is 0 Å². The topological polar surface area (TPSA) is 18.5 Å². The fourth-order valence-electron chi connectivity index (χ4n) is 2.30. The first-order valence-electron chi connectivity index (χ1n) is 7.18. The predicted octanol–water partition coefficient (Wildman–Crippen LogP) is 5.10. The van der Waals surface area contributed by atoms with Gasteiger partial charge in [0.25, 0.3) is 0 Å². The van der Waals surface area contributed by atoms with Gasteiger partial charge in [0.2, 0.25) is 0 Å². The Kier molecular flexibility index (Phi) is 5.70. The van der Waals surface area contributed by atoms with Crippen molar-refractivity contribution in [3.63, 3.8) is 0 Å². The minimum atomic E-state index is 0.156. The molecular formula is C16H24O2S2. The van der Waals surface area contributed by atoms with Crippen molar-refractivity contribution in [1.29, 1.82) is 0 Å². The summed E-state index contributed by atoms with van der Waals surface area (Å²) in [6, 6.07) is 8.40. The molecular weight excluding hydrogens is 288 g/mol. The van der Waals surface area contributed by atoms with E-state index >= 15 is 0 Å². The molecule has 1 aromatic carbocycles. The summed E-state index contributed by atoms with van der Waals surface area (Å²) in [5.74, 6) is 0.909. The van der Waals surface area contributed by atoms with Gasteiger partial charge < -0.3 is 9.47 Å². The molecule has 20 heavy (non-hydrogen) atoms. The van der Waals surface area contributed by atoms with E-state index in [9.17, 15) is 0 Å². The van der Waals surface area contributed by atoms with E-state index in [-0.39, 0.29) is 10.9 Å². The molecule has 112 valence electrons. The minimum Gasteiger partial charge on any atom is -0.497 e. The van der Waals surface area contributed by atoms with Crippen molar-refractivity contribution in [2.45, 2.75) is 49.7 Å². The second-order valence-corrected chi connectivity index (χ2v) is 8.62. The van der Waals surface area contributed by atoms with Gasteiger partial charge in [0.15, 0.2) is 0 Å². The predicted molar refractivity (Wildman–Crippen MR) is 89.6 cm³/mol. The normalized spacial score (nSPS) is 24.8. The summed E-state index contributed by atoms with van der Waals surface area (Å²) in [4.78, 5) is 0. The van der Waals surface area contributed by atoms with Crippen molar-refractivity contribution in [2.75, 3.05) is 13.7 Å². The molecule has 0 aromatic heterocycles. The largest absolute Gasteiger partial charge is 0.497 e. The Bertz CT molecular complexity index is 417. The van der Waals surface area contributed by atoms with E-state index in [2.05, 4.69) is 32.9 Å². The van der Waals surface area contributed by atoms with Gasteiger partial charge in [-0.1, -0.05) is 47.1 Å². The van der Waals surface area contributed by atoms with E-state index in [1.807, 2.05) is 33.7 Å². The zero-order valence-corrected chi connectivity index (χ0v) is 14.4. The number of hydrogen-bond donors (Lipinski definition) is 0. The lowest BCUT2D eigenvalue weighted by Crippen LogP contribution is -2.34. The van der Waals surface area contributed by atoms with Crippen LogP contribution in [0.25, 0.3) is 0 Å². The molecule has 0 saturated carbocycles. The molecule has 2 unspecified atom stereocenters. The van der Waals surface area contributed by atoms with Crippen molar-refractivity contribution in [2.24, 2.45) is 0 Å². The Morgan fingerprint density at radius 1 is 1.20 bits per heavy atom. The SMILES string of the molecule is CCCCOC1C(c2ccc(OC)cc2)SSC1(C)C. The van der Waals surface area contributed by atoms with Gasteiger partial charge in [-0.3, -0.25) is 0 Å². The van der Waals surface area contributed by atoms with Crippen LogP contribution in [0, 0.1) is 0 Å². The lowest BCUT2D eigenvalue weighted by Gasteiger charge is -2.28. The summed E-state index contributed by atoms with van der Waals surface area (Å²) in [6.07, 6.45) is 2.58. The molecule has 2 rings (SSSR count). The molecule has 0 amide bonds. The molecule has 1 aliphatic heterocycles. The summed E-state index contributed by atoms with van der Waals surface area (Å²) in [5, 5.41) is 0.401. The molecule has 0 radical (unpaired) electrons. The standard InChI is InChI=1S/C16H24O2S2/c1-5-6-11-18-15-14(19-20-16(15,2)3)12-7-9-13(17-4)10-8-12/h7-10,14-15H,5-6,11H2,1-4H3. The van der Waals surface area contributed by atoms with Gasteiger partial charge in [-0.15, -0.1) is 0 Å². The number of hydrogen-bond acceptors (Lipinski definition) is 4. The van der Waals surface area contributed by atoms with Crippen LogP contribution in [-0.4, -0.2) is 24.6 Å². The van der Waals surface area contributed by atoms with Gasteiger partial charge in [-0.2, -0.15) is 0 Å². The highest BCUT2D eigenvalue weighted by atomic mass is 33.1. The van der Waals surface area contributed by atoms with Crippen molar-refractivity contribution < 1.29 is 9.47 Å². The van der Waals surface area contributed by atoms with Gasteiger partial charge in [0.05, 0.1) is 18.5 Å². The molecule has 1 saturated heterocycles. The molecule has 2 nitrogen and oxygen atoms in total. The first kappa shape index (κ1) is 16.1. The Balaban J connectivity index is 2.11. The monoisotopic (exact) mass is 312 g/mol. The average molecular weight is 313 g/mol. The first-order chi connectivity index (χ1) is 9.58. The summed E-state index contributed by atoms with van der Waals surface area (Å²) in [6.45, 7) is 7.63. The van der Waals surface area contributed by atoms with Gasteiger partial charge >= 0.3 is 0 Å². The van der Waals surface area contributed by atoms with Crippen LogP contribution in [0.5, 0.6) is 5.75 Å². The smallest absolute Gasteiger partial charge is 0.118 e. The van der Waals surface area contributed by atoms with Gasteiger partial charge in [-0.05, 0) is 38.0 Å². The van der Waals surface area contributed by atoms with Gasteiger partial charge in [0, 0.05) is 11.4 Å². The van der Waals surface area contributed by atoms with Crippen LogP contribution in [0.2, 0.25) is 0 Å². The quantitative estimate of drug-likeness (QED) is 0.537. The number of methoxy groups -OCH3 is 1. The lowest BCUT2D eigenvalue weighted by atomic mass is 9.97. The van der Waals surface area contributed by atoms with E-state index in [0.717, 1.165) is 18.8 Å². The molecule has 0 spiro atoms. The van der Waals surface area contributed by atoms with Crippen molar-refractivity contribution in [3.8, 4) is 5.75 Å². The second kappa shape index (κ2) is 7.10. The van der Waals surface area contributed by atoms with E-state index in [0.29, 0.717) is 5.25 Å². The molecule has 0 N–H and O–H groups in total. The van der Waals surface area contributed by atoms with Gasteiger partial charge in [-0.25, -0.2) is 0 Å². The highest BCUT2D eigenvalue weighted by Crippen LogP contribution is 2.59. The van der Waals surface area contributed by atoms with E-state index in [1.54, 1.807) is 7.11 Å². The Hall–Kier alpha value is -0.320. The minimum absolute atomic E-state index is 0.156. The maximum absolute atomic E-state index is 6.21. The molecule has 1 aromatic rings. The molecule has 4 heteroatoms. The molecule has 1 aliphatic rings. The lowest BCUT2D eigenvalue weighted by molar-refractivity contribution is 0.0326. The third kappa shape index (κ3) is 3.66. The molecule has 0 aliphatic carbocycles. The zero-order chi connectivity index (χ0) is 14.6. The fourth-order valence-corrected chi connectivity index (χ4v) is 5.81. The van der Waals surface area contributed by atoms with Crippen LogP contribution in [0.3, 0.4) is 0 Å². The number of benzene rings is 1. The van der Waals surface area contributed by atoms with Crippen molar-refractivity contribution in [1.82, 2.24) is 0 Å². The summed E-state index contributed by atoms with van der Waals surface area (Å²) >= 11 is 0. The van der Waals surface area contributed by atoms with Crippen LogP contribution >= 0.6 is 21.6 Å². The Morgan fingerprint density at radius 2 is 1.90 bits per heavy atom. The zero-order valence-electron chi connectivity index (χ0n) is 12.7. The summed E-state index contributed by atoms with van der Waals surface area (Å²) < 4.78 is 11.6. The highest BCUT2D eigenvalue weighted by molar-refractivity contribution is 8.77. The summed E-state index contributed by atoms with van der Waals surface area (Å²) in [7, 11) is 5.58. The third-order valence-electron chi connectivity index (χ3n) is 3.57. The molecule has 1 fully saturated rings. The van der Waals surface area contributed by atoms with Crippen LogP contribution in [0.15, 0.2) is 24.3 Å². The van der Waals surface area contributed by atoms with Gasteiger partial charge in [0.1, 0.15) is 5.75 Å². The van der Waals surface area contributed by atoms with Crippen LogP contribution in [-0.2, 0) is 4.74 Å². The van der Waals surface area contributed by atoms with Crippen LogP contribution < -0.4 is 4.74 Å². The molecule has 1 heterocycles. The fraction of sp³-hybridized carbons (Fsp3) is 0.625. The van der Waals surface area contributed by atoms with Crippen molar-refractivity contribution >= 4 is 21.6 Å². The maximum Gasteiger partial charge on any atom is 0.118 e. The third-order valence-corrected chi connectivity index (χ3v) is 7.25. The molecule has 2 atom stereocenters. The first-order valence-corrected chi connectivity index (χ1v) is 9.40. The number of ether oxygens (including phenoxy) is 2. The maximum atomic E-state index is 6.21. The molecule has 0 bridgehead atoms.